The maximum Gasteiger partial charge on any atom is 0.340 e. The number of aromatic nitrogens is 3. The topological polar surface area (TPSA) is 78.9 Å². The fourth-order valence-electron chi connectivity index (χ4n) is 4.43. The van der Waals surface area contributed by atoms with E-state index in [4.69, 9.17) is 23.9 Å². The summed E-state index contributed by atoms with van der Waals surface area (Å²) < 4.78 is 19.0. The van der Waals surface area contributed by atoms with Crippen molar-refractivity contribution in [1.82, 2.24) is 14.4 Å². The van der Waals surface area contributed by atoms with Crippen molar-refractivity contribution in [2.24, 2.45) is 0 Å². The molecule has 6 aromatic rings. The average molecular weight is 516 g/mol. The number of fused-ring (bicyclic) bond motifs is 1. The van der Waals surface area contributed by atoms with Crippen LogP contribution in [0, 0.1) is 0 Å². The molecule has 0 unspecified atom stereocenters. The lowest BCUT2D eigenvalue weighted by atomic mass is 10.1. The Balaban J connectivity index is 1.42. The lowest BCUT2D eigenvalue weighted by Crippen LogP contribution is -2.12. The number of imidazole rings is 1. The zero-order valence-corrected chi connectivity index (χ0v) is 21.1. The Bertz CT molecular complexity index is 1680. The maximum absolute atomic E-state index is 12.5. The van der Waals surface area contributed by atoms with E-state index in [0.29, 0.717) is 35.6 Å². The van der Waals surface area contributed by atoms with Gasteiger partial charge in [0.2, 0.25) is 12.7 Å². The van der Waals surface area contributed by atoms with E-state index in [9.17, 15) is 4.79 Å². The number of hydrogen-bond donors (Lipinski definition) is 0. The minimum absolute atomic E-state index is 0.274. The van der Waals surface area contributed by atoms with E-state index in [1.807, 2.05) is 77.3 Å². The molecule has 0 aliphatic heterocycles. The largest absolute Gasteiger partial charge is 0.469 e. The van der Waals surface area contributed by atoms with E-state index in [-0.39, 0.29) is 6.79 Å². The first-order chi connectivity index (χ1) is 19.2. The number of benzene rings is 3. The molecule has 7 heteroatoms. The summed E-state index contributed by atoms with van der Waals surface area (Å²) in [5.74, 6) is 0.745. The molecular formula is C32H25N3O4. The van der Waals surface area contributed by atoms with E-state index in [1.54, 1.807) is 30.5 Å². The van der Waals surface area contributed by atoms with Crippen LogP contribution in [0.25, 0.3) is 16.9 Å². The molecular weight excluding hydrogens is 490 g/mol. The van der Waals surface area contributed by atoms with Crippen LogP contribution in [0.2, 0.25) is 0 Å². The van der Waals surface area contributed by atoms with Gasteiger partial charge in [-0.25, -0.2) is 14.8 Å². The van der Waals surface area contributed by atoms with Gasteiger partial charge >= 0.3 is 5.97 Å². The summed E-state index contributed by atoms with van der Waals surface area (Å²) in [6.07, 6.45) is 4.53. The Kier molecular flexibility index (Phi) is 6.86. The fraction of sp³-hybridized carbons (Fsp3) is 0.0938. The maximum atomic E-state index is 12.5. The summed E-state index contributed by atoms with van der Waals surface area (Å²) in [6.45, 7) is -0.274. The predicted octanol–water partition coefficient (Wildman–Crippen LogP) is 6.36. The van der Waals surface area contributed by atoms with Crippen LogP contribution in [0.1, 0.15) is 33.1 Å². The Morgan fingerprint density at radius 3 is 2.21 bits per heavy atom. The smallest absolute Gasteiger partial charge is 0.340 e. The van der Waals surface area contributed by atoms with E-state index in [0.717, 1.165) is 28.3 Å². The highest BCUT2D eigenvalue weighted by molar-refractivity contribution is 5.89. The van der Waals surface area contributed by atoms with Crippen LogP contribution >= 0.6 is 0 Å². The minimum atomic E-state index is -0.464. The number of furan rings is 1. The second-order valence-corrected chi connectivity index (χ2v) is 8.97. The summed E-state index contributed by atoms with van der Waals surface area (Å²) in [7, 11) is 0. The first kappa shape index (κ1) is 24.2. The third-order valence-corrected chi connectivity index (χ3v) is 6.30. The van der Waals surface area contributed by atoms with Gasteiger partial charge in [0, 0.05) is 18.2 Å². The molecule has 0 aliphatic carbocycles. The first-order valence-electron chi connectivity index (χ1n) is 12.6. The first-order valence-corrected chi connectivity index (χ1v) is 12.6. The molecule has 7 nitrogen and oxygen atoms in total. The van der Waals surface area contributed by atoms with Gasteiger partial charge in [0.05, 0.1) is 29.6 Å². The highest BCUT2D eigenvalue weighted by Crippen LogP contribution is 2.29. The number of ether oxygens (including phenoxy) is 2. The molecule has 192 valence electrons. The molecule has 6 rings (SSSR count). The molecule has 0 saturated heterocycles. The van der Waals surface area contributed by atoms with Crippen LogP contribution < -0.4 is 4.74 Å². The number of carbonyl (C=O) groups is 1. The lowest BCUT2D eigenvalue weighted by molar-refractivity contribution is 0.0135. The Morgan fingerprint density at radius 2 is 1.49 bits per heavy atom. The van der Waals surface area contributed by atoms with Crippen molar-refractivity contribution in [3.05, 3.63) is 144 Å². The highest BCUT2D eigenvalue weighted by atomic mass is 16.7. The van der Waals surface area contributed by atoms with Crippen LogP contribution in [0.5, 0.6) is 5.88 Å². The quantitative estimate of drug-likeness (QED) is 0.165. The van der Waals surface area contributed by atoms with Gasteiger partial charge in [0.25, 0.3) is 0 Å². The van der Waals surface area contributed by atoms with Crippen molar-refractivity contribution in [2.75, 3.05) is 6.79 Å². The third-order valence-electron chi connectivity index (χ3n) is 6.30. The summed E-state index contributed by atoms with van der Waals surface area (Å²) in [6, 6.07) is 32.7. The Morgan fingerprint density at radius 1 is 0.769 bits per heavy atom. The van der Waals surface area contributed by atoms with Crippen LogP contribution in [0.15, 0.2) is 120 Å². The molecule has 3 heterocycles. The Hall–Kier alpha value is -5.17. The molecule has 0 saturated carbocycles. The lowest BCUT2D eigenvalue weighted by Gasteiger charge is -2.11. The Labute approximate surface area is 225 Å². The molecule has 0 fully saturated rings. The molecule has 0 atom stereocenters. The number of rotatable bonds is 9. The van der Waals surface area contributed by atoms with E-state index >= 15 is 0 Å². The van der Waals surface area contributed by atoms with Gasteiger partial charge in [-0.2, -0.15) is 0 Å². The van der Waals surface area contributed by atoms with Crippen molar-refractivity contribution in [2.45, 2.75) is 12.8 Å². The van der Waals surface area contributed by atoms with Crippen molar-refractivity contribution < 1.29 is 18.7 Å². The van der Waals surface area contributed by atoms with Crippen molar-refractivity contribution in [1.29, 1.82) is 0 Å². The number of esters is 1. The van der Waals surface area contributed by atoms with Gasteiger partial charge in [-0.05, 0) is 29.8 Å². The molecule has 0 radical (unpaired) electrons. The second-order valence-electron chi connectivity index (χ2n) is 8.97. The molecule has 39 heavy (non-hydrogen) atoms. The van der Waals surface area contributed by atoms with Crippen LogP contribution in [-0.2, 0) is 17.6 Å². The molecule has 0 bridgehead atoms. The van der Waals surface area contributed by atoms with Gasteiger partial charge in [-0.3, -0.25) is 4.40 Å². The van der Waals surface area contributed by atoms with E-state index in [2.05, 4.69) is 12.1 Å². The number of hydrogen-bond acceptors (Lipinski definition) is 6. The predicted molar refractivity (Wildman–Crippen MR) is 147 cm³/mol. The monoisotopic (exact) mass is 515 g/mol. The summed E-state index contributed by atoms with van der Waals surface area (Å²) >= 11 is 0. The third kappa shape index (κ3) is 5.43. The van der Waals surface area contributed by atoms with Crippen molar-refractivity contribution >= 4 is 11.6 Å². The van der Waals surface area contributed by atoms with Gasteiger partial charge in [-0.1, -0.05) is 78.9 Å². The average Bonchev–Trinajstić information content (AvgIpc) is 3.63. The fourth-order valence-corrected chi connectivity index (χ4v) is 4.43. The zero-order valence-electron chi connectivity index (χ0n) is 21.1. The molecule has 0 spiro atoms. The van der Waals surface area contributed by atoms with Crippen LogP contribution in [0.4, 0.5) is 0 Å². The molecule has 3 aromatic carbocycles. The number of carbonyl (C=O) groups excluding carboxylic acids is 1. The zero-order chi connectivity index (χ0) is 26.4. The molecule has 0 aliphatic rings. The summed E-state index contributed by atoms with van der Waals surface area (Å²) in [5.41, 5.74) is 5.45. The van der Waals surface area contributed by atoms with Gasteiger partial charge in [0.15, 0.2) is 5.65 Å². The van der Waals surface area contributed by atoms with Crippen molar-refractivity contribution in [3.8, 4) is 17.1 Å². The van der Waals surface area contributed by atoms with E-state index < -0.39 is 5.97 Å². The molecule has 3 aromatic heterocycles. The number of nitrogens with zero attached hydrogens (tertiary/aromatic N) is 3. The minimum Gasteiger partial charge on any atom is -0.469 e. The van der Waals surface area contributed by atoms with Crippen LogP contribution in [-0.4, -0.2) is 27.1 Å². The van der Waals surface area contributed by atoms with Gasteiger partial charge in [-0.15, -0.1) is 0 Å². The second kappa shape index (κ2) is 11.1. The highest BCUT2D eigenvalue weighted by Gasteiger charge is 2.21. The molecule has 0 N–H and O–H groups in total. The molecule has 0 amide bonds. The van der Waals surface area contributed by atoms with Crippen LogP contribution in [0.3, 0.4) is 0 Å². The summed E-state index contributed by atoms with van der Waals surface area (Å²) in [5, 5.41) is 0. The SMILES string of the molecule is O=C(OCOc1c(Cc2ccco2)nc2c(Cc3ccccc3)nc(-c3ccccc3)cn12)c1ccccc1. The van der Waals surface area contributed by atoms with Crippen molar-refractivity contribution in [3.63, 3.8) is 0 Å². The standard InChI is InChI=1S/C32H25N3O4/c36-32(25-15-8-3-9-16-25)39-22-38-31-28(20-26-17-10-18-37-26)34-30-27(19-23-11-4-1-5-12-23)33-29(21-35(30)31)24-13-6-2-7-14-24/h1-18,21H,19-20,22H2. The van der Waals surface area contributed by atoms with E-state index in [1.165, 1.54) is 0 Å². The van der Waals surface area contributed by atoms with Gasteiger partial charge in [0.1, 0.15) is 11.5 Å². The summed E-state index contributed by atoms with van der Waals surface area (Å²) in [4.78, 5) is 22.5. The normalized spacial score (nSPS) is 11.0. The van der Waals surface area contributed by atoms with Gasteiger partial charge < -0.3 is 13.9 Å².